The van der Waals surface area contributed by atoms with Gasteiger partial charge in [0.1, 0.15) is 5.78 Å². The summed E-state index contributed by atoms with van der Waals surface area (Å²) in [5.41, 5.74) is 0.0814. The van der Waals surface area contributed by atoms with Gasteiger partial charge in [-0.1, -0.05) is 0 Å². The Morgan fingerprint density at radius 2 is 2.00 bits per heavy atom. The van der Waals surface area contributed by atoms with Crippen molar-refractivity contribution in [2.45, 2.75) is 17.7 Å². The summed E-state index contributed by atoms with van der Waals surface area (Å²) in [5, 5.41) is 10.4. The van der Waals surface area contributed by atoms with Crippen molar-refractivity contribution in [1.29, 1.82) is 0 Å². The van der Waals surface area contributed by atoms with E-state index < -0.39 is 4.92 Å². The Morgan fingerprint density at radius 1 is 1.38 bits per heavy atom. The number of nitro benzene ring substituents is 1. The van der Waals surface area contributed by atoms with Crippen LogP contribution in [0, 0.1) is 16.0 Å². The van der Waals surface area contributed by atoms with Crippen LogP contribution in [0.3, 0.4) is 0 Å². The number of rotatable bonds is 5. The van der Waals surface area contributed by atoms with E-state index in [1.807, 2.05) is 0 Å². The third kappa shape index (κ3) is 2.82. The highest BCUT2D eigenvalue weighted by atomic mass is 32.2. The maximum Gasteiger partial charge on any atom is 0.269 e. The van der Waals surface area contributed by atoms with Crippen molar-refractivity contribution < 1.29 is 9.72 Å². The van der Waals surface area contributed by atoms with Gasteiger partial charge in [-0.25, -0.2) is 0 Å². The highest BCUT2D eigenvalue weighted by Gasteiger charge is 2.28. The van der Waals surface area contributed by atoms with Crippen LogP contribution < -0.4 is 0 Å². The highest BCUT2D eigenvalue weighted by molar-refractivity contribution is 8.00. The Kier molecular flexibility index (Phi) is 3.24. The fraction of sp³-hybridized carbons (Fsp3) is 0.364. The van der Waals surface area contributed by atoms with Crippen molar-refractivity contribution in [3.8, 4) is 0 Å². The second kappa shape index (κ2) is 4.65. The summed E-state index contributed by atoms with van der Waals surface area (Å²) >= 11 is 1.45. The van der Waals surface area contributed by atoms with Crippen molar-refractivity contribution in [2.24, 2.45) is 5.92 Å². The minimum atomic E-state index is -0.427. The Hall–Kier alpha value is -1.36. The molecule has 0 unspecified atom stereocenters. The number of hydrogen-bond donors (Lipinski definition) is 0. The molecule has 0 amide bonds. The number of benzene rings is 1. The molecule has 0 heterocycles. The molecule has 0 atom stereocenters. The van der Waals surface area contributed by atoms with Gasteiger partial charge >= 0.3 is 0 Å². The first-order chi connectivity index (χ1) is 7.66. The third-order valence-corrected chi connectivity index (χ3v) is 3.50. The number of nitrogens with zero attached hydrogens (tertiary/aromatic N) is 1. The normalized spacial score (nSPS) is 14.8. The van der Waals surface area contributed by atoms with Crippen LogP contribution in [0.5, 0.6) is 0 Å². The summed E-state index contributed by atoms with van der Waals surface area (Å²) in [6.07, 6.45) is 2.05. The zero-order valence-electron chi connectivity index (χ0n) is 8.59. The summed E-state index contributed by atoms with van der Waals surface area (Å²) in [5.74, 6) is 1.05. The number of carbonyl (C=O) groups is 1. The fourth-order valence-electron chi connectivity index (χ4n) is 1.34. The van der Waals surface area contributed by atoms with E-state index in [0.717, 1.165) is 17.7 Å². The lowest BCUT2D eigenvalue weighted by Gasteiger charge is -1.99. The Bertz CT molecular complexity index is 412. The van der Waals surface area contributed by atoms with E-state index in [-0.39, 0.29) is 11.6 Å². The van der Waals surface area contributed by atoms with Crippen molar-refractivity contribution in [1.82, 2.24) is 0 Å². The summed E-state index contributed by atoms with van der Waals surface area (Å²) in [6, 6.07) is 6.29. The van der Waals surface area contributed by atoms with E-state index in [1.165, 1.54) is 23.9 Å². The first kappa shape index (κ1) is 11.1. The van der Waals surface area contributed by atoms with Crippen LogP contribution in [0.4, 0.5) is 5.69 Å². The number of hydrogen-bond acceptors (Lipinski definition) is 4. The first-order valence-corrected chi connectivity index (χ1v) is 6.05. The quantitative estimate of drug-likeness (QED) is 0.448. The molecule has 1 aliphatic carbocycles. The number of carbonyl (C=O) groups excluding carboxylic acids is 1. The standard InChI is InChI=1S/C11H11NO3S/c13-11(8-1-2-8)7-16-10-5-3-9(4-6-10)12(14)15/h3-6,8H,1-2,7H2. The monoisotopic (exact) mass is 237 g/mol. The number of non-ortho nitro benzene ring substituents is 1. The van der Waals surface area contributed by atoms with Gasteiger partial charge in [-0.2, -0.15) is 0 Å². The largest absolute Gasteiger partial charge is 0.298 e. The minimum Gasteiger partial charge on any atom is -0.298 e. The average Bonchev–Trinajstić information content (AvgIpc) is 3.10. The predicted molar refractivity (Wildman–Crippen MR) is 61.6 cm³/mol. The van der Waals surface area contributed by atoms with Gasteiger partial charge in [-0.05, 0) is 25.0 Å². The molecule has 5 heteroatoms. The topological polar surface area (TPSA) is 60.2 Å². The number of nitro groups is 1. The molecule has 84 valence electrons. The van der Waals surface area contributed by atoms with E-state index in [4.69, 9.17) is 0 Å². The van der Waals surface area contributed by atoms with Gasteiger partial charge in [0.25, 0.3) is 5.69 Å². The zero-order valence-corrected chi connectivity index (χ0v) is 9.40. The van der Waals surface area contributed by atoms with Crippen LogP contribution in [0.2, 0.25) is 0 Å². The van der Waals surface area contributed by atoms with Crippen molar-refractivity contribution >= 4 is 23.2 Å². The zero-order chi connectivity index (χ0) is 11.5. The van der Waals surface area contributed by atoms with Crippen LogP contribution in [0.25, 0.3) is 0 Å². The van der Waals surface area contributed by atoms with Gasteiger partial charge in [0, 0.05) is 22.9 Å². The van der Waals surface area contributed by atoms with E-state index >= 15 is 0 Å². The molecule has 4 nitrogen and oxygen atoms in total. The van der Waals surface area contributed by atoms with Gasteiger partial charge in [0.2, 0.25) is 0 Å². The van der Waals surface area contributed by atoms with Crippen molar-refractivity contribution in [2.75, 3.05) is 5.75 Å². The SMILES string of the molecule is O=C(CSc1ccc([N+](=O)[O-])cc1)C1CC1. The van der Waals surface area contributed by atoms with E-state index in [1.54, 1.807) is 12.1 Å². The van der Waals surface area contributed by atoms with E-state index in [0.29, 0.717) is 11.5 Å². The minimum absolute atomic E-state index is 0.0814. The van der Waals surface area contributed by atoms with E-state index in [2.05, 4.69) is 0 Å². The lowest BCUT2D eigenvalue weighted by atomic mass is 10.3. The van der Waals surface area contributed by atoms with Crippen LogP contribution in [-0.2, 0) is 4.79 Å². The first-order valence-electron chi connectivity index (χ1n) is 5.07. The Morgan fingerprint density at radius 3 is 2.50 bits per heavy atom. The molecule has 0 aliphatic heterocycles. The summed E-state index contributed by atoms with van der Waals surface area (Å²) < 4.78 is 0. The summed E-state index contributed by atoms with van der Waals surface area (Å²) in [7, 11) is 0. The number of ketones is 1. The molecule has 1 fully saturated rings. The summed E-state index contributed by atoms with van der Waals surface area (Å²) in [6.45, 7) is 0. The molecular formula is C11H11NO3S. The van der Waals surface area contributed by atoms with Gasteiger partial charge in [0.15, 0.2) is 0 Å². The summed E-state index contributed by atoms with van der Waals surface area (Å²) in [4.78, 5) is 22.3. The number of Topliss-reactive ketones (excluding diaryl/α,β-unsaturated/α-hetero) is 1. The van der Waals surface area contributed by atoms with Gasteiger partial charge in [-0.15, -0.1) is 11.8 Å². The number of thioether (sulfide) groups is 1. The van der Waals surface area contributed by atoms with Crippen molar-refractivity contribution in [3.63, 3.8) is 0 Å². The molecular weight excluding hydrogens is 226 g/mol. The van der Waals surface area contributed by atoms with Crippen LogP contribution in [0.15, 0.2) is 29.2 Å². The van der Waals surface area contributed by atoms with Gasteiger partial charge in [-0.3, -0.25) is 14.9 Å². The van der Waals surface area contributed by atoms with Gasteiger partial charge in [0.05, 0.1) is 10.7 Å². The molecule has 0 aromatic heterocycles. The molecule has 16 heavy (non-hydrogen) atoms. The van der Waals surface area contributed by atoms with E-state index in [9.17, 15) is 14.9 Å². The fourth-order valence-corrected chi connectivity index (χ4v) is 2.21. The maximum atomic E-state index is 11.4. The third-order valence-electron chi connectivity index (χ3n) is 2.46. The molecule has 0 N–H and O–H groups in total. The molecule has 1 aliphatic rings. The Labute approximate surface area is 97.2 Å². The smallest absolute Gasteiger partial charge is 0.269 e. The van der Waals surface area contributed by atoms with Crippen LogP contribution in [-0.4, -0.2) is 16.5 Å². The molecule has 0 spiro atoms. The van der Waals surface area contributed by atoms with Crippen molar-refractivity contribution in [3.05, 3.63) is 34.4 Å². The molecule has 0 bridgehead atoms. The average molecular weight is 237 g/mol. The predicted octanol–water partition coefficient (Wildman–Crippen LogP) is 2.67. The lowest BCUT2D eigenvalue weighted by molar-refractivity contribution is -0.384. The second-order valence-electron chi connectivity index (χ2n) is 3.78. The van der Waals surface area contributed by atoms with Gasteiger partial charge < -0.3 is 0 Å². The molecule has 1 aromatic rings. The molecule has 1 aromatic carbocycles. The highest BCUT2D eigenvalue weighted by Crippen LogP contribution is 2.32. The molecule has 1 saturated carbocycles. The van der Waals surface area contributed by atoms with Crippen LogP contribution >= 0.6 is 11.8 Å². The molecule has 0 saturated heterocycles. The molecule has 0 radical (unpaired) electrons. The maximum absolute atomic E-state index is 11.4. The van der Waals surface area contributed by atoms with Crippen LogP contribution in [0.1, 0.15) is 12.8 Å². The Balaban J connectivity index is 1.89. The molecule has 2 rings (SSSR count). The lowest BCUT2D eigenvalue weighted by Crippen LogP contribution is -2.02. The second-order valence-corrected chi connectivity index (χ2v) is 4.83.